The van der Waals surface area contributed by atoms with Crippen LogP contribution in [0.2, 0.25) is 0 Å². The monoisotopic (exact) mass is 620 g/mol. The average molecular weight is 621 g/mol. The lowest BCUT2D eigenvalue weighted by Crippen LogP contribution is -2.32. The number of nitrogens with zero attached hydrogens (tertiary/aromatic N) is 1. The van der Waals surface area contributed by atoms with E-state index in [1.807, 2.05) is 92.7 Å². The molecule has 0 spiro atoms. The molecule has 0 saturated carbocycles. The lowest BCUT2D eigenvalue weighted by atomic mass is 10.0. The summed E-state index contributed by atoms with van der Waals surface area (Å²) in [5.74, 6) is -0.970. The predicted molar refractivity (Wildman–Crippen MR) is 178 cm³/mol. The molecule has 5 aromatic carbocycles. The van der Waals surface area contributed by atoms with E-state index in [1.54, 1.807) is 12.1 Å². The van der Waals surface area contributed by atoms with E-state index < -0.39 is 16.0 Å². The van der Waals surface area contributed by atoms with Crippen LogP contribution in [0.5, 0.6) is 5.75 Å². The van der Waals surface area contributed by atoms with Gasteiger partial charge in [0.25, 0.3) is 5.91 Å². The van der Waals surface area contributed by atoms with Crippen LogP contribution in [0.25, 0.3) is 21.9 Å². The quantitative estimate of drug-likeness (QED) is 0.115. The molecule has 8 heteroatoms. The highest BCUT2D eigenvalue weighted by molar-refractivity contribution is 7.89. The number of ether oxygens (including phenoxy) is 1. The van der Waals surface area contributed by atoms with Crippen LogP contribution in [0.3, 0.4) is 0 Å². The molecular formula is C37H36N2O5S. The minimum Gasteiger partial charge on any atom is -0.422 e. The topological polar surface area (TPSA) is 92.8 Å². The number of carbonyl (C=O) groups is 2. The molecule has 0 aliphatic rings. The predicted octanol–water partition coefficient (Wildman–Crippen LogP) is 7.47. The second kappa shape index (κ2) is 14.3. The van der Waals surface area contributed by atoms with Crippen molar-refractivity contribution < 1.29 is 22.7 Å². The van der Waals surface area contributed by atoms with Gasteiger partial charge in [0.2, 0.25) is 10.0 Å². The number of amides is 1. The van der Waals surface area contributed by atoms with E-state index in [9.17, 15) is 18.0 Å². The van der Waals surface area contributed by atoms with Gasteiger partial charge in [-0.3, -0.25) is 4.79 Å². The Morgan fingerprint density at radius 3 is 2.00 bits per heavy atom. The van der Waals surface area contributed by atoms with E-state index in [4.69, 9.17) is 4.74 Å². The normalized spacial score (nSPS) is 11.4. The zero-order chi connectivity index (χ0) is 31.8. The first-order chi connectivity index (χ1) is 21.8. The van der Waals surface area contributed by atoms with Gasteiger partial charge in [0.1, 0.15) is 5.75 Å². The van der Waals surface area contributed by atoms with Crippen molar-refractivity contribution in [1.82, 2.24) is 9.62 Å². The summed E-state index contributed by atoms with van der Waals surface area (Å²) in [4.78, 5) is 26.9. The van der Waals surface area contributed by atoms with Crippen LogP contribution in [0.1, 0.15) is 53.0 Å². The van der Waals surface area contributed by atoms with Crippen molar-refractivity contribution in [2.45, 2.75) is 38.1 Å². The molecule has 0 aromatic heterocycles. The van der Waals surface area contributed by atoms with Gasteiger partial charge in [-0.05, 0) is 82.8 Å². The Labute approximate surface area is 264 Å². The molecule has 1 N–H and O–H groups in total. The highest BCUT2D eigenvalue weighted by Gasteiger charge is 2.24. The van der Waals surface area contributed by atoms with Gasteiger partial charge < -0.3 is 10.1 Å². The van der Waals surface area contributed by atoms with Gasteiger partial charge >= 0.3 is 5.97 Å². The second-order valence-electron chi connectivity index (χ2n) is 10.8. The highest BCUT2D eigenvalue weighted by Crippen LogP contribution is 2.28. The van der Waals surface area contributed by atoms with Crippen molar-refractivity contribution >= 4 is 32.7 Å². The summed E-state index contributed by atoms with van der Waals surface area (Å²) < 4.78 is 33.5. The molecule has 7 nitrogen and oxygen atoms in total. The summed E-state index contributed by atoms with van der Waals surface area (Å²) in [6.45, 7) is 4.99. The zero-order valence-electron chi connectivity index (χ0n) is 25.4. The number of carbonyl (C=O) groups excluding carboxylic acids is 2. The number of nitrogens with one attached hydrogen (secondary N) is 1. The Balaban J connectivity index is 1.36. The molecule has 0 heterocycles. The fourth-order valence-electron chi connectivity index (χ4n) is 5.17. The molecule has 0 bridgehead atoms. The molecule has 0 atom stereocenters. The minimum atomic E-state index is -3.69. The average Bonchev–Trinajstić information content (AvgIpc) is 3.07. The summed E-state index contributed by atoms with van der Waals surface area (Å²) in [6, 6.07) is 34.6. The lowest BCUT2D eigenvalue weighted by molar-refractivity contribution is 0.0732. The van der Waals surface area contributed by atoms with Crippen molar-refractivity contribution in [2.75, 3.05) is 13.1 Å². The van der Waals surface area contributed by atoms with Crippen LogP contribution >= 0.6 is 0 Å². The molecule has 45 heavy (non-hydrogen) atoms. The van der Waals surface area contributed by atoms with Crippen molar-refractivity contribution in [2.24, 2.45) is 0 Å². The largest absolute Gasteiger partial charge is 0.422 e. The fraction of sp³-hybridized carbons (Fsp3) is 0.189. The van der Waals surface area contributed by atoms with Crippen LogP contribution in [-0.2, 0) is 16.6 Å². The molecule has 230 valence electrons. The molecule has 0 saturated heterocycles. The number of sulfonamides is 1. The minimum absolute atomic E-state index is 0.114. The summed E-state index contributed by atoms with van der Waals surface area (Å²) in [7, 11) is -3.69. The van der Waals surface area contributed by atoms with Crippen LogP contribution < -0.4 is 10.1 Å². The summed E-state index contributed by atoms with van der Waals surface area (Å²) in [5.41, 5.74) is 3.44. The van der Waals surface area contributed by atoms with Gasteiger partial charge in [-0.25, -0.2) is 13.2 Å². The Morgan fingerprint density at radius 1 is 0.711 bits per heavy atom. The van der Waals surface area contributed by atoms with E-state index in [0.29, 0.717) is 25.9 Å². The number of hydrogen-bond donors (Lipinski definition) is 1. The first kappa shape index (κ1) is 31.6. The maximum Gasteiger partial charge on any atom is 0.343 e. The molecule has 5 aromatic rings. The van der Waals surface area contributed by atoms with Crippen molar-refractivity contribution in [3.63, 3.8) is 0 Å². The fourth-order valence-corrected chi connectivity index (χ4v) is 6.80. The number of hydrogen-bond acceptors (Lipinski definition) is 5. The highest BCUT2D eigenvalue weighted by atomic mass is 32.2. The SMILES string of the molecule is CCCN(CCC)S(=O)(=O)c1ccc(C(=O)Oc2cc3ccccc3cc2C(=O)NCc2cccc(-c3ccccc3)c2)cc1. The lowest BCUT2D eigenvalue weighted by Gasteiger charge is -2.21. The summed E-state index contributed by atoms with van der Waals surface area (Å²) >= 11 is 0. The first-order valence-electron chi connectivity index (χ1n) is 15.1. The zero-order valence-corrected chi connectivity index (χ0v) is 26.2. The van der Waals surface area contributed by atoms with Gasteiger partial charge in [0.05, 0.1) is 16.0 Å². The standard InChI is InChI=1S/C37H36N2O5S/c1-3-21-39(22-4-2)45(42,43)33-19-17-29(18-20-33)37(41)44-35-25-32-15-9-8-14-31(32)24-34(35)36(40)38-26-27-11-10-16-30(23-27)28-12-6-5-7-13-28/h5-20,23-25H,3-4,21-22,26H2,1-2H3,(H,38,40). The van der Waals surface area contributed by atoms with Crippen molar-refractivity contribution in [1.29, 1.82) is 0 Å². The van der Waals surface area contributed by atoms with E-state index in [1.165, 1.54) is 28.6 Å². The Bertz CT molecular complexity index is 1900. The molecule has 0 fully saturated rings. The molecule has 0 radical (unpaired) electrons. The third kappa shape index (κ3) is 7.48. The van der Waals surface area contributed by atoms with Crippen molar-refractivity contribution in [3.05, 3.63) is 132 Å². The Kier molecular flexibility index (Phi) is 10.1. The van der Waals surface area contributed by atoms with Gasteiger partial charge in [-0.15, -0.1) is 0 Å². The van der Waals surface area contributed by atoms with E-state index >= 15 is 0 Å². The third-order valence-electron chi connectivity index (χ3n) is 7.46. The molecule has 0 unspecified atom stereocenters. The third-order valence-corrected chi connectivity index (χ3v) is 9.37. The van der Waals surface area contributed by atoms with Gasteiger partial charge in [0.15, 0.2) is 0 Å². The number of benzene rings is 5. The maximum absolute atomic E-state index is 13.5. The summed E-state index contributed by atoms with van der Waals surface area (Å²) in [6.07, 6.45) is 1.40. The number of fused-ring (bicyclic) bond motifs is 1. The maximum atomic E-state index is 13.5. The van der Waals surface area contributed by atoms with Crippen LogP contribution in [0.4, 0.5) is 0 Å². The van der Waals surface area contributed by atoms with Gasteiger partial charge in [-0.2, -0.15) is 4.31 Å². The van der Waals surface area contributed by atoms with Crippen LogP contribution in [0.15, 0.2) is 120 Å². The van der Waals surface area contributed by atoms with E-state index in [-0.39, 0.29) is 34.2 Å². The molecule has 0 aliphatic carbocycles. The Morgan fingerprint density at radius 2 is 1.33 bits per heavy atom. The van der Waals surface area contributed by atoms with Gasteiger partial charge in [0, 0.05) is 19.6 Å². The Hall–Kier alpha value is -4.79. The van der Waals surface area contributed by atoms with Crippen LogP contribution in [-0.4, -0.2) is 37.7 Å². The number of esters is 1. The first-order valence-corrected chi connectivity index (χ1v) is 16.5. The van der Waals surface area contributed by atoms with Crippen molar-refractivity contribution in [3.8, 4) is 16.9 Å². The van der Waals surface area contributed by atoms with E-state index in [2.05, 4.69) is 5.32 Å². The number of rotatable bonds is 12. The van der Waals surface area contributed by atoms with Gasteiger partial charge in [-0.1, -0.05) is 86.6 Å². The second-order valence-corrected chi connectivity index (χ2v) is 12.7. The molecule has 1 amide bonds. The molecule has 0 aliphatic heterocycles. The van der Waals surface area contributed by atoms with E-state index in [0.717, 1.165) is 27.5 Å². The van der Waals surface area contributed by atoms with Crippen LogP contribution in [0, 0.1) is 0 Å². The molecular weight excluding hydrogens is 584 g/mol. The summed E-state index contributed by atoms with van der Waals surface area (Å²) in [5, 5.41) is 4.60. The smallest absolute Gasteiger partial charge is 0.343 e. The molecule has 5 rings (SSSR count).